The summed E-state index contributed by atoms with van der Waals surface area (Å²) in [6.07, 6.45) is 0. The van der Waals surface area contributed by atoms with E-state index < -0.39 is 12.1 Å². The minimum absolute atomic E-state index is 0.0606. The van der Waals surface area contributed by atoms with Crippen LogP contribution in [0.5, 0.6) is 0 Å². The number of hydrogen-bond donors (Lipinski definition) is 1. The van der Waals surface area contributed by atoms with Crippen LogP contribution in [0.15, 0.2) is 0 Å². The van der Waals surface area contributed by atoms with E-state index in [1.165, 1.54) is 12.0 Å². The summed E-state index contributed by atoms with van der Waals surface area (Å²) in [5.41, 5.74) is 0. The van der Waals surface area contributed by atoms with Crippen LogP contribution in [0.1, 0.15) is 20.8 Å². The molecule has 0 rings (SSSR count). The van der Waals surface area contributed by atoms with E-state index in [0.29, 0.717) is 0 Å². The molecule has 2 atom stereocenters. The second-order valence-corrected chi connectivity index (χ2v) is 4.37. The van der Waals surface area contributed by atoms with Crippen LogP contribution in [0.25, 0.3) is 0 Å². The van der Waals surface area contributed by atoms with Crippen LogP contribution in [-0.4, -0.2) is 50.1 Å². The number of nitrogens with one attached hydrogen (secondary N) is 1. The molecule has 5 heteroatoms. The van der Waals surface area contributed by atoms with Gasteiger partial charge in [-0.2, -0.15) is 0 Å². The molecule has 1 N–H and O–H groups in total. The molecule has 0 radical (unpaired) electrons. The van der Waals surface area contributed by atoms with E-state index in [2.05, 4.69) is 10.1 Å². The minimum atomic E-state index is -0.455. The average Bonchev–Trinajstić information content (AvgIpc) is 2.22. The molecule has 0 aliphatic carbocycles. The fourth-order valence-corrected chi connectivity index (χ4v) is 1.39. The first-order valence-corrected chi connectivity index (χ1v) is 5.36. The van der Waals surface area contributed by atoms with Crippen LogP contribution in [0, 0.1) is 5.92 Å². The Morgan fingerprint density at radius 3 is 2.00 bits per heavy atom. The smallest absolute Gasteiger partial charge is 0.323 e. The van der Waals surface area contributed by atoms with Gasteiger partial charge in [-0.15, -0.1) is 0 Å². The van der Waals surface area contributed by atoms with Gasteiger partial charge < -0.3 is 9.64 Å². The van der Waals surface area contributed by atoms with Crippen molar-refractivity contribution in [3.8, 4) is 0 Å². The second kappa shape index (κ2) is 6.48. The number of methoxy groups -OCH3 is 1. The largest absolute Gasteiger partial charge is 0.468 e. The summed E-state index contributed by atoms with van der Waals surface area (Å²) in [6, 6.07) is -0.856. The number of carbonyl (C=O) groups is 2. The predicted molar refractivity (Wildman–Crippen MR) is 61.9 cm³/mol. The molecule has 0 fully saturated rings. The van der Waals surface area contributed by atoms with Crippen molar-refractivity contribution in [3.05, 3.63) is 0 Å². The summed E-state index contributed by atoms with van der Waals surface area (Å²) in [6.45, 7) is 5.55. The van der Waals surface area contributed by atoms with Crippen molar-refractivity contribution in [2.75, 3.05) is 21.2 Å². The van der Waals surface area contributed by atoms with Crippen molar-refractivity contribution in [1.82, 2.24) is 10.2 Å². The summed E-state index contributed by atoms with van der Waals surface area (Å²) >= 11 is 0. The number of likely N-dealkylation sites (N-methyl/N-ethyl adjacent to an activating group) is 1. The molecule has 16 heavy (non-hydrogen) atoms. The van der Waals surface area contributed by atoms with E-state index in [1.807, 2.05) is 13.8 Å². The van der Waals surface area contributed by atoms with Gasteiger partial charge in [0.2, 0.25) is 5.91 Å². The Morgan fingerprint density at radius 2 is 1.69 bits per heavy atom. The molecule has 0 aliphatic rings. The van der Waals surface area contributed by atoms with Crippen LogP contribution in [0.2, 0.25) is 0 Å². The minimum Gasteiger partial charge on any atom is -0.468 e. The molecule has 0 aromatic carbocycles. The topological polar surface area (TPSA) is 58.6 Å². The molecular weight excluding hydrogens is 208 g/mol. The van der Waals surface area contributed by atoms with Crippen LogP contribution in [0.4, 0.5) is 0 Å². The number of hydrogen-bond acceptors (Lipinski definition) is 4. The number of amides is 1. The normalized spacial score (nSPS) is 14.4. The summed E-state index contributed by atoms with van der Waals surface area (Å²) in [7, 11) is 4.71. The third-order valence-electron chi connectivity index (χ3n) is 2.36. The molecule has 0 aromatic rings. The lowest BCUT2D eigenvalue weighted by Gasteiger charge is -2.25. The lowest BCUT2D eigenvalue weighted by Crippen LogP contribution is -2.51. The molecule has 2 unspecified atom stereocenters. The van der Waals surface area contributed by atoms with Gasteiger partial charge in [-0.05, 0) is 12.8 Å². The maximum Gasteiger partial charge on any atom is 0.323 e. The first-order valence-electron chi connectivity index (χ1n) is 5.36. The summed E-state index contributed by atoms with van der Waals surface area (Å²) < 4.78 is 4.69. The van der Waals surface area contributed by atoms with E-state index in [-0.39, 0.29) is 17.8 Å². The van der Waals surface area contributed by atoms with E-state index in [1.54, 1.807) is 21.0 Å². The lowest BCUT2D eigenvalue weighted by molar-refractivity contribution is -0.145. The molecule has 0 saturated carbocycles. The SMILES string of the molecule is COC(=O)C(NC(C)C(=O)N(C)C)C(C)C. The zero-order valence-corrected chi connectivity index (χ0v) is 10.9. The Morgan fingerprint density at radius 1 is 1.19 bits per heavy atom. The van der Waals surface area contributed by atoms with Crippen molar-refractivity contribution in [2.45, 2.75) is 32.9 Å². The highest BCUT2D eigenvalue weighted by atomic mass is 16.5. The van der Waals surface area contributed by atoms with Gasteiger partial charge in [-0.3, -0.25) is 14.9 Å². The second-order valence-electron chi connectivity index (χ2n) is 4.37. The average molecular weight is 230 g/mol. The van der Waals surface area contributed by atoms with Crippen molar-refractivity contribution >= 4 is 11.9 Å². The predicted octanol–water partition coefficient (Wildman–Crippen LogP) is 0.250. The van der Waals surface area contributed by atoms with Crippen molar-refractivity contribution in [1.29, 1.82) is 0 Å². The Balaban J connectivity index is 4.52. The fraction of sp³-hybridized carbons (Fsp3) is 0.818. The molecule has 0 aromatic heterocycles. The van der Waals surface area contributed by atoms with Crippen LogP contribution in [-0.2, 0) is 14.3 Å². The van der Waals surface area contributed by atoms with Gasteiger partial charge in [0, 0.05) is 14.1 Å². The Bertz CT molecular complexity index is 252. The van der Waals surface area contributed by atoms with Gasteiger partial charge >= 0.3 is 5.97 Å². The number of rotatable bonds is 5. The number of esters is 1. The van der Waals surface area contributed by atoms with E-state index >= 15 is 0 Å². The number of carbonyl (C=O) groups excluding carboxylic acids is 2. The first kappa shape index (κ1) is 14.9. The molecule has 0 bridgehead atoms. The molecular formula is C11H22N2O3. The van der Waals surface area contributed by atoms with Crippen molar-refractivity contribution in [2.24, 2.45) is 5.92 Å². The fourth-order valence-electron chi connectivity index (χ4n) is 1.39. The van der Waals surface area contributed by atoms with Gasteiger partial charge in [-0.25, -0.2) is 0 Å². The van der Waals surface area contributed by atoms with E-state index in [4.69, 9.17) is 0 Å². The molecule has 0 spiro atoms. The number of ether oxygens (including phenoxy) is 1. The molecule has 94 valence electrons. The quantitative estimate of drug-likeness (QED) is 0.688. The van der Waals surface area contributed by atoms with Crippen molar-refractivity contribution in [3.63, 3.8) is 0 Å². The highest BCUT2D eigenvalue weighted by Gasteiger charge is 2.27. The van der Waals surface area contributed by atoms with Crippen LogP contribution in [0.3, 0.4) is 0 Å². The molecule has 1 amide bonds. The third-order valence-corrected chi connectivity index (χ3v) is 2.36. The van der Waals surface area contributed by atoms with Crippen molar-refractivity contribution < 1.29 is 14.3 Å². The molecule has 0 heterocycles. The molecule has 0 aliphatic heterocycles. The van der Waals surface area contributed by atoms with Crippen LogP contribution < -0.4 is 5.32 Å². The standard InChI is InChI=1S/C11H22N2O3/c1-7(2)9(11(15)16-6)12-8(3)10(14)13(4)5/h7-9,12H,1-6H3. The summed E-state index contributed by atoms with van der Waals surface area (Å²) in [5, 5.41) is 2.98. The zero-order chi connectivity index (χ0) is 12.9. The molecule has 5 nitrogen and oxygen atoms in total. The Labute approximate surface area is 97.1 Å². The van der Waals surface area contributed by atoms with Gasteiger partial charge in [0.25, 0.3) is 0 Å². The van der Waals surface area contributed by atoms with Gasteiger partial charge in [0.1, 0.15) is 6.04 Å². The van der Waals surface area contributed by atoms with Gasteiger partial charge in [0.05, 0.1) is 13.2 Å². The maximum absolute atomic E-state index is 11.6. The zero-order valence-electron chi connectivity index (χ0n) is 10.9. The Hall–Kier alpha value is -1.10. The van der Waals surface area contributed by atoms with Crippen LogP contribution >= 0.6 is 0 Å². The van der Waals surface area contributed by atoms with Gasteiger partial charge in [0.15, 0.2) is 0 Å². The maximum atomic E-state index is 11.6. The first-order chi connectivity index (χ1) is 7.31. The third kappa shape index (κ3) is 4.18. The Kier molecular flexibility index (Phi) is 6.03. The van der Waals surface area contributed by atoms with E-state index in [9.17, 15) is 9.59 Å². The summed E-state index contributed by atoms with van der Waals surface area (Å²) in [4.78, 5) is 24.6. The number of nitrogens with zero attached hydrogens (tertiary/aromatic N) is 1. The summed E-state index contributed by atoms with van der Waals surface area (Å²) in [5.74, 6) is -0.326. The van der Waals surface area contributed by atoms with Gasteiger partial charge in [-0.1, -0.05) is 13.8 Å². The molecule has 0 saturated heterocycles. The highest BCUT2D eigenvalue weighted by Crippen LogP contribution is 2.05. The van der Waals surface area contributed by atoms with E-state index in [0.717, 1.165) is 0 Å². The monoisotopic (exact) mass is 230 g/mol. The lowest BCUT2D eigenvalue weighted by atomic mass is 10.0. The highest BCUT2D eigenvalue weighted by molar-refractivity contribution is 5.82.